The van der Waals surface area contributed by atoms with E-state index in [0.29, 0.717) is 6.04 Å². The minimum Gasteiger partial charge on any atom is -0.329 e. The van der Waals surface area contributed by atoms with E-state index in [9.17, 15) is 0 Å². The molecule has 0 aliphatic carbocycles. The highest BCUT2D eigenvalue weighted by Gasteiger charge is 2.24. The smallest absolute Gasteiger partial charge is 0.0470 e. The third-order valence-electron chi connectivity index (χ3n) is 4.44. The maximum absolute atomic E-state index is 6.04. The monoisotopic (exact) mass is 260 g/mol. The van der Waals surface area contributed by atoms with Crippen molar-refractivity contribution in [2.24, 2.45) is 11.7 Å². The average Bonchev–Trinajstić information content (AvgIpc) is 2.42. The number of nitrogens with zero attached hydrogens (tertiary/aromatic N) is 1. The Morgan fingerprint density at radius 1 is 1.32 bits per heavy atom. The highest BCUT2D eigenvalue weighted by Crippen LogP contribution is 2.28. The SMILES string of the molecule is CCCC1CCN(C(CN)c2cccc(C)c2)CC1. The lowest BCUT2D eigenvalue weighted by Gasteiger charge is -2.37. The van der Waals surface area contributed by atoms with Gasteiger partial charge in [0.05, 0.1) is 0 Å². The molecule has 1 unspecified atom stereocenters. The Balaban J connectivity index is 1.99. The quantitative estimate of drug-likeness (QED) is 0.878. The first kappa shape index (κ1) is 14.5. The van der Waals surface area contributed by atoms with E-state index in [-0.39, 0.29) is 0 Å². The van der Waals surface area contributed by atoms with E-state index >= 15 is 0 Å². The first-order valence-electron chi connectivity index (χ1n) is 7.75. The largest absolute Gasteiger partial charge is 0.329 e. The van der Waals surface area contributed by atoms with Crippen molar-refractivity contribution in [3.63, 3.8) is 0 Å². The summed E-state index contributed by atoms with van der Waals surface area (Å²) in [6, 6.07) is 9.22. The fourth-order valence-electron chi connectivity index (χ4n) is 3.33. The molecule has 0 amide bonds. The molecule has 2 rings (SSSR count). The molecular weight excluding hydrogens is 232 g/mol. The van der Waals surface area contributed by atoms with Crippen molar-refractivity contribution in [2.75, 3.05) is 19.6 Å². The Morgan fingerprint density at radius 2 is 2.05 bits per heavy atom. The fraction of sp³-hybridized carbons (Fsp3) is 0.647. The van der Waals surface area contributed by atoms with E-state index in [1.54, 1.807) is 0 Å². The summed E-state index contributed by atoms with van der Waals surface area (Å²) < 4.78 is 0. The predicted octanol–water partition coefficient (Wildman–Crippen LogP) is 3.51. The van der Waals surface area contributed by atoms with Crippen molar-refractivity contribution in [2.45, 2.75) is 45.6 Å². The second-order valence-corrected chi connectivity index (χ2v) is 5.93. The van der Waals surface area contributed by atoms with Crippen LogP contribution >= 0.6 is 0 Å². The number of aryl methyl sites for hydroxylation is 1. The lowest BCUT2D eigenvalue weighted by atomic mass is 9.90. The van der Waals surface area contributed by atoms with Crippen LogP contribution < -0.4 is 5.73 Å². The topological polar surface area (TPSA) is 29.3 Å². The maximum atomic E-state index is 6.04. The van der Waals surface area contributed by atoms with E-state index in [1.165, 1.54) is 49.9 Å². The molecule has 1 fully saturated rings. The van der Waals surface area contributed by atoms with Gasteiger partial charge in [0.2, 0.25) is 0 Å². The molecule has 0 bridgehead atoms. The molecule has 1 saturated heterocycles. The van der Waals surface area contributed by atoms with Crippen molar-refractivity contribution < 1.29 is 0 Å². The van der Waals surface area contributed by atoms with E-state index in [1.807, 2.05) is 0 Å². The zero-order chi connectivity index (χ0) is 13.7. The molecule has 1 aliphatic rings. The summed E-state index contributed by atoms with van der Waals surface area (Å²) in [6.45, 7) is 7.59. The van der Waals surface area contributed by atoms with Gasteiger partial charge in [0, 0.05) is 12.6 Å². The first-order valence-corrected chi connectivity index (χ1v) is 7.75. The number of nitrogens with two attached hydrogens (primary N) is 1. The van der Waals surface area contributed by atoms with Gasteiger partial charge in [0.1, 0.15) is 0 Å². The van der Waals surface area contributed by atoms with Crippen LogP contribution in [0.15, 0.2) is 24.3 Å². The van der Waals surface area contributed by atoms with Gasteiger partial charge in [0.25, 0.3) is 0 Å². The van der Waals surface area contributed by atoms with Gasteiger partial charge >= 0.3 is 0 Å². The summed E-state index contributed by atoms with van der Waals surface area (Å²) in [5.74, 6) is 0.942. The van der Waals surface area contributed by atoms with E-state index in [2.05, 4.69) is 43.0 Å². The van der Waals surface area contributed by atoms with Crippen molar-refractivity contribution in [3.05, 3.63) is 35.4 Å². The van der Waals surface area contributed by atoms with Crippen LogP contribution in [-0.4, -0.2) is 24.5 Å². The molecule has 1 heterocycles. The summed E-state index contributed by atoms with van der Waals surface area (Å²) >= 11 is 0. The average molecular weight is 260 g/mol. The molecule has 19 heavy (non-hydrogen) atoms. The Bertz CT molecular complexity index is 381. The van der Waals surface area contributed by atoms with E-state index in [0.717, 1.165) is 12.5 Å². The zero-order valence-electron chi connectivity index (χ0n) is 12.4. The molecule has 2 N–H and O–H groups in total. The molecule has 106 valence electrons. The van der Waals surface area contributed by atoms with Crippen LogP contribution in [0.3, 0.4) is 0 Å². The molecule has 2 heteroatoms. The number of hydrogen-bond donors (Lipinski definition) is 1. The van der Waals surface area contributed by atoms with Crippen LogP contribution in [0.5, 0.6) is 0 Å². The normalized spacial score (nSPS) is 19.5. The molecule has 1 atom stereocenters. The summed E-state index contributed by atoms with van der Waals surface area (Å²) in [5.41, 5.74) is 8.75. The zero-order valence-corrected chi connectivity index (χ0v) is 12.4. The predicted molar refractivity (Wildman–Crippen MR) is 82.2 cm³/mol. The summed E-state index contributed by atoms with van der Waals surface area (Å²) in [7, 11) is 0. The maximum Gasteiger partial charge on any atom is 0.0470 e. The van der Waals surface area contributed by atoms with Crippen LogP contribution in [0.1, 0.15) is 49.8 Å². The van der Waals surface area contributed by atoms with Crippen LogP contribution in [0, 0.1) is 12.8 Å². The lowest BCUT2D eigenvalue weighted by molar-refractivity contribution is 0.131. The van der Waals surface area contributed by atoms with Crippen molar-refractivity contribution >= 4 is 0 Å². The molecule has 0 spiro atoms. The minimum atomic E-state index is 0.405. The third-order valence-corrected chi connectivity index (χ3v) is 4.44. The molecule has 0 radical (unpaired) electrons. The van der Waals surface area contributed by atoms with Gasteiger partial charge in [-0.15, -0.1) is 0 Å². The molecule has 1 aliphatic heterocycles. The number of piperidine rings is 1. The van der Waals surface area contributed by atoms with Crippen LogP contribution in [0.25, 0.3) is 0 Å². The highest BCUT2D eigenvalue weighted by molar-refractivity contribution is 5.25. The minimum absolute atomic E-state index is 0.405. The molecule has 1 aromatic rings. The van der Waals surface area contributed by atoms with Crippen LogP contribution in [0.2, 0.25) is 0 Å². The molecule has 0 aromatic heterocycles. The molecule has 2 nitrogen and oxygen atoms in total. The molecule has 0 saturated carbocycles. The Kier molecular flexibility index (Phi) is 5.41. The van der Waals surface area contributed by atoms with Gasteiger partial charge in [-0.1, -0.05) is 49.6 Å². The van der Waals surface area contributed by atoms with Gasteiger partial charge in [-0.2, -0.15) is 0 Å². The number of benzene rings is 1. The highest BCUT2D eigenvalue weighted by atomic mass is 15.2. The summed E-state index contributed by atoms with van der Waals surface area (Å²) in [5, 5.41) is 0. The molecule has 1 aromatic carbocycles. The Morgan fingerprint density at radius 3 is 2.63 bits per heavy atom. The van der Waals surface area contributed by atoms with E-state index in [4.69, 9.17) is 5.73 Å². The second kappa shape index (κ2) is 7.06. The summed E-state index contributed by atoms with van der Waals surface area (Å²) in [4.78, 5) is 2.58. The van der Waals surface area contributed by atoms with Gasteiger partial charge in [0.15, 0.2) is 0 Å². The third kappa shape index (κ3) is 3.80. The number of hydrogen-bond acceptors (Lipinski definition) is 2. The first-order chi connectivity index (χ1) is 9.24. The van der Waals surface area contributed by atoms with Gasteiger partial charge in [-0.25, -0.2) is 0 Å². The van der Waals surface area contributed by atoms with Crippen LogP contribution in [-0.2, 0) is 0 Å². The second-order valence-electron chi connectivity index (χ2n) is 5.93. The Labute approximate surface area is 118 Å². The standard InChI is InChI=1S/C17H28N2/c1-3-5-15-8-10-19(11-9-15)17(13-18)16-7-4-6-14(2)12-16/h4,6-7,12,15,17H,3,5,8-11,13,18H2,1-2H3. The lowest BCUT2D eigenvalue weighted by Crippen LogP contribution is -2.39. The Hall–Kier alpha value is -0.860. The van der Waals surface area contributed by atoms with Gasteiger partial charge in [-0.3, -0.25) is 4.90 Å². The van der Waals surface area contributed by atoms with Crippen molar-refractivity contribution in [1.82, 2.24) is 4.90 Å². The number of rotatable bonds is 5. The van der Waals surface area contributed by atoms with Crippen LogP contribution in [0.4, 0.5) is 0 Å². The van der Waals surface area contributed by atoms with Crippen molar-refractivity contribution in [3.8, 4) is 0 Å². The molecular formula is C17H28N2. The number of likely N-dealkylation sites (tertiary alicyclic amines) is 1. The van der Waals surface area contributed by atoms with E-state index < -0.39 is 0 Å². The van der Waals surface area contributed by atoms with Gasteiger partial charge in [-0.05, 0) is 44.3 Å². The van der Waals surface area contributed by atoms with Crippen molar-refractivity contribution in [1.29, 1.82) is 0 Å². The summed E-state index contributed by atoms with van der Waals surface area (Å²) in [6.07, 6.45) is 5.40. The van der Waals surface area contributed by atoms with Gasteiger partial charge < -0.3 is 5.73 Å². The fourth-order valence-corrected chi connectivity index (χ4v) is 3.33.